The number of rotatable bonds is 3. The Kier molecular flexibility index (Phi) is 3.96. The maximum absolute atomic E-state index is 6.65. The van der Waals surface area contributed by atoms with Gasteiger partial charge in [-0.3, -0.25) is 0 Å². The van der Waals surface area contributed by atoms with Gasteiger partial charge in [-0.1, -0.05) is 51.3 Å². The van der Waals surface area contributed by atoms with Gasteiger partial charge >= 0.3 is 0 Å². The Morgan fingerprint density at radius 2 is 1.83 bits per heavy atom. The molecule has 0 unspecified atom stereocenters. The third-order valence-corrected chi connectivity index (χ3v) is 4.15. The van der Waals surface area contributed by atoms with Crippen molar-refractivity contribution in [2.45, 2.75) is 57.4 Å². The molecule has 0 aromatic heterocycles. The molecule has 1 aliphatic carbocycles. The Balaban J connectivity index is 2.46. The van der Waals surface area contributed by atoms with Crippen LogP contribution in [0.15, 0.2) is 18.2 Å². The van der Waals surface area contributed by atoms with Crippen molar-refractivity contribution < 1.29 is 4.74 Å². The summed E-state index contributed by atoms with van der Waals surface area (Å²) in [4.78, 5) is 0. The van der Waals surface area contributed by atoms with Crippen molar-refractivity contribution in [1.82, 2.24) is 0 Å². The SMILES string of the molecule is COc1c(C(C)C)cccc1C1(N)CCCCC1. The summed E-state index contributed by atoms with van der Waals surface area (Å²) in [6, 6.07) is 6.42. The summed E-state index contributed by atoms with van der Waals surface area (Å²) in [5, 5.41) is 0. The summed E-state index contributed by atoms with van der Waals surface area (Å²) in [6.07, 6.45) is 5.91. The van der Waals surface area contributed by atoms with Crippen molar-refractivity contribution in [2.24, 2.45) is 5.73 Å². The largest absolute Gasteiger partial charge is 0.496 e. The Labute approximate surface area is 111 Å². The predicted molar refractivity (Wildman–Crippen MR) is 76.0 cm³/mol. The second-order valence-electron chi connectivity index (χ2n) is 5.80. The normalized spacial score (nSPS) is 18.9. The highest BCUT2D eigenvalue weighted by molar-refractivity contribution is 5.47. The molecule has 1 aromatic rings. The molecule has 0 atom stereocenters. The monoisotopic (exact) mass is 247 g/mol. The molecule has 1 fully saturated rings. The van der Waals surface area contributed by atoms with Gasteiger partial charge in [0.05, 0.1) is 7.11 Å². The first-order chi connectivity index (χ1) is 8.58. The van der Waals surface area contributed by atoms with Gasteiger partial charge in [0, 0.05) is 11.1 Å². The van der Waals surface area contributed by atoms with E-state index < -0.39 is 0 Å². The highest BCUT2D eigenvalue weighted by Crippen LogP contribution is 2.42. The second-order valence-corrected chi connectivity index (χ2v) is 5.80. The smallest absolute Gasteiger partial charge is 0.127 e. The van der Waals surface area contributed by atoms with Gasteiger partial charge in [-0.05, 0) is 24.3 Å². The van der Waals surface area contributed by atoms with E-state index in [0.717, 1.165) is 18.6 Å². The molecule has 2 heteroatoms. The third kappa shape index (κ3) is 2.39. The zero-order valence-electron chi connectivity index (χ0n) is 11.8. The summed E-state index contributed by atoms with van der Waals surface area (Å²) in [5.41, 5.74) is 8.93. The van der Waals surface area contributed by atoms with Crippen LogP contribution in [0.3, 0.4) is 0 Å². The van der Waals surface area contributed by atoms with Gasteiger partial charge in [-0.25, -0.2) is 0 Å². The fourth-order valence-corrected chi connectivity index (χ4v) is 3.08. The highest BCUT2D eigenvalue weighted by Gasteiger charge is 2.33. The maximum Gasteiger partial charge on any atom is 0.127 e. The average molecular weight is 247 g/mol. The zero-order valence-corrected chi connectivity index (χ0v) is 11.8. The van der Waals surface area contributed by atoms with E-state index in [1.807, 2.05) is 0 Å². The fraction of sp³-hybridized carbons (Fsp3) is 0.625. The number of hydrogen-bond donors (Lipinski definition) is 1. The van der Waals surface area contributed by atoms with E-state index >= 15 is 0 Å². The standard InChI is InChI=1S/C16H25NO/c1-12(2)13-8-7-9-14(15(13)18-3)16(17)10-5-4-6-11-16/h7-9,12H,4-6,10-11,17H2,1-3H3. The first-order valence-corrected chi connectivity index (χ1v) is 7.05. The van der Waals surface area contributed by atoms with E-state index in [2.05, 4.69) is 32.0 Å². The van der Waals surface area contributed by atoms with E-state index in [4.69, 9.17) is 10.5 Å². The van der Waals surface area contributed by atoms with Crippen LogP contribution >= 0.6 is 0 Å². The molecule has 1 saturated carbocycles. The van der Waals surface area contributed by atoms with Gasteiger partial charge in [-0.2, -0.15) is 0 Å². The van der Waals surface area contributed by atoms with Crippen molar-refractivity contribution >= 4 is 0 Å². The van der Waals surface area contributed by atoms with Gasteiger partial charge in [0.1, 0.15) is 5.75 Å². The van der Waals surface area contributed by atoms with Gasteiger partial charge in [-0.15, -0.1) is 0 Å². The van der Waals surface area contributed by atoms with Crippen molar-refractivity contribution in [2.75, 3.05) is 7.11 Å². The minimum Gasteiger partial charge on any atom is -0.496 e. The molecular weight excluding hydrogens is 222 g/mol. The van der Waals surface area contributed by atoms with Crippen molar-refractivity contribution in [3.05, 3.63) is 29.3 Å². The molecule has 0 heterocycles. The first kappa shape index (κ1) is 13.4. The molecule has 100 valence electrons. The zero-order chi connectivity index (χ0) is 13.2. The lowest BCUT2D eigenvalue weighted by atomic mass is 9.76. The first-order valence-electron chi connectivity index (χ1n) is 7.05. The van der Waals surface area contributed by atoms with Gasteiger partial charge in [0.15, 0.2) is 0 Å². The van der Waals surface area contributed by atoms with Crippen LogP contribution in [0.25, 0.3) is 0 Å². The molecule has 2 N–H and O–H groups in total. The van der Waals surface area contributed by atoms with Crippen LogP contribution in [0.4, 0.5) is 0 Å². The summed E-state index contributed by atoms with van der Waals surface area (Å²) >= 11 is 0. The quantitative estimate of drug-likeness (QED) is 0.878. The van der Waals surface area contributed by atoms with Crippen molar-refractivity contribution in [1.29, 1.82) is 0 Å². The van der Waals surface area contributed by atoms with E-state index in [0.29, 0.717) is 5.92 Å². The van der Waals surface area contributed by atoms with E-state index in [1.54, 1.807) is 7.11 Å². The third-order valence-electron chi connectivity index (χ3n) is 4.15. The molecule has 0 spiro atoms. The van der Waals surface area contributed by atoms with E-state index in [9.17, 15) is 0 Å². The average Bonchev–Trinajstić information content (AvgIpc) is 2.38. The van der Waals surface area contributed by atoms with Crippen LogP contribution in [0, 0.1) is 0 Å². The van der Waals surface area contributed by atoms with Crippen LogP contribution in [0.1, 0.15) is 63.0 Å². The van der Waals surface area contributed by atoms with E-state index in [-0.39, 0.29) is 5.54 Å². The molecule has 1 aliphatic rings. The number of para-hydroxylation sites is 1. The van der Waals surface area contributed by atoms with Gasteiger partial charge < -0.3 is 10.5 Å². The minimum atomic E-state index is -0.186. The van der Waals surface area contributed by atoms with Crippen molar-refractivity contribution in [3.63, 3.8) is 0 Å². The Morgan fingerprint density at radius 1 is 1.17 bits per heavy atom. The number of ether oxygens (including phenoxy) is 1. The fourth-order valence-electron chi connectivity index (χ4n) is 3.08. The van der Waals surface area contributed by atoms with Gasteiger partial charge in [0.2, 0.25) is 0 Å². The minimum absolute atomic E-state index is 0.186. The molecule has 18 heavy (non-hydrogen) atoms. The van der Waals surface area contributed by atoms with Crippen LogP contribution < -0.4 is 10.5 Å². The number of nitrogens with two attached hydrogens (primary N) is 1. The molecule has 2 rings (SSSR count). The Bertz CT molecular complexity index is 406. The number of methoxy groups -OCH3 is 1. The molecule has 2 nitrogen and oxygen atoms in total. The molecular formula is C16H25NO. The highest BCUT2D eigenvalue weighted by atomic mass is 16.5. The van der Waals surface area contributed by atoms with Crippen LogP contribution in [-0.2, 0) is 5.54 Å². The lowest BCUT2D eigenvalue weighted by molar-refractivity contribution is 0.288. The Hall–Kier alpha value is -1.02. The van der Waals surface area contributed by atoms with Gasteiger partial charge in [0.25, 0.3) is 0 Å². The van der Waals surface area contributed by atoms with Crippen molar-refractivity contribution in [3.8, 4) is 5.75 Å². The number of benzene rings is 1. The summed E-state index contributed by atoms with van der Waals surface area (Å²) in [6.45, 7) is 4.40. The summed E-state index contributed by atoms with van der Waals surface area (Å²) in [7, 11) is 1.76. The van der Waals surface area contributed by atoms with Crippen LogP contribution in [0.2, 0.25) is 0 Å². The maximum atomic E-state index is 6.65. The molecule has 0 bridgehead atoms. The second kappa shape index (κ2) is 5.31. The molecule has 0 aliphatic heterocycles. The lowest BCUT2D eigenvalue weighted by Crippen LogP contribution is -2.39. The van der Waals surface area contributed by atoms with E-state index in [1.165, 1.54) is 30.4 Å². The molecule has 0 radical (unpaired) electrons. The van der Waals surface area contributed by atoms with Crippen LogP contribution in [0.5, 0.6) is 5.75 Å². The topological polar surface area (TPSA) is 35.2 Å². The van der Waals surface area contributed by atoms with Crippen LogP contribution in [-0.4, -0.2) is 7.11 Å². The number of hydrogen-bond acceptors (Lipinski definition) is 2. The molecule has 0 amide bonds. The Morgan fingerprint density at radius 3 is 2.39 bits per heavy atom. The molecule has 0 saturated heterocycles. The summed E-state index contributed by atoms with van der Waals surface area (Å²) < 4.78 is 5.68. The molecule has 1 aromatic carbocycles. The summed E-state index contributed by atoms with van der Waals surface area (Å²) in [5.74, 6) is 1.48. The predicted octanol–water partition coefficient (Wildman–Crippen LogP) is 3.94. The lowest BCUT2D eigenvalue weighted by Gasteiger charge is -2.35.